The summed E-state index contributed by atoms with van der Waals surface area (Å²) < 4.78 is 19.5. The summed E-state index contributed by atoms with van der Waals surface area (Å²) in [4.78, 5) is 25.4. The Morgan fingerprint density at radius 2 is 2.03 bits per heavy atom. The molecule has 2 unspecified atom stereocenters. The van der Waals surface area contributed by atoms with Crippen molar-refractivity contribution in [1.29, 1.82) is 0 Å². The summed E-state index contributed by atoms with van der Waals surface area (Å²) >= 11 is 0. The van der Waals surface area contributed by atoms with Gasteiger partial charge in [0.05, 0.1) is 36.3 Å². The minimum atomic E-state index is -0.530. The molecule has 1 aliphatic carbocycles. The van der Waals surface area contributed by atoms with Crippen LogP contribution in [-0.4, -0.2) is 27.5 Å². The fraction of sp³-hybridized carbons (Fsp3) is 0.273. The lowest BCUT2D eigenvalue weighted by Crippen LogP contribution is -2.26. The topological polar surface area (TPSA) is 77.0 Å². The number of hydrogen-bond donors (Lipinski definition) is 1. The number of rotatable bonds is 6. The SMILES string of the molecule is Cc1ncc(OCC2(c3ccc(F)cc3)CC2C(=O)Nc2cccnc2)c(C)n1. The minimum Gasteiger partial charge on any atom is -0.489 e. The second kappa shape index (κ2) is 7.58. The first-order valence-corrected chi connectivity index (χ1v) is 9.38. The number of nitrogens with zero attached hydrogens (tertiary/aromatic N) is 3. The van der Waals surface area contributed by atoms with Crippen LogP contribution in [0.15, 0.2) is 55.0 Å². The van der Waals surface area contributed by atoms with Crippen LogP contribution in [0.4, 0.5) is 10.1 Å². The number of aryl methyl sites for hydroxylation is 2. The zero-order valence-electron chi connectivity index (χ0n) is 16.2. The molecule has 1 fully saturated rings. The predicted octanol–water partition coefficient (Wildman–Crippen LogP) is 3.60. The molecule has 3 aromatic rings. The van der Waals surface area contributed by atoms with Gasteiger partial charge in [0, 0.05) is 11.6 Å². The molecule has 1 N–H and O–H groups in total. The highest BCUT2D eigenvalue weighted by Crippen LogP contribution is 2.55. The highest BCUT2D eigenvalue weighted by atomic mass is 19.1. The monoisotopic (exact) mass is 392 g/mol. The Labute approximate surface area is 168 Å². The molecule has 148 valence electrons. The van der Waals surface area contributed by atoms with E-state index in [0.717, 1.165) is 11.3 Å². The highest BCUT2D eigenvalue weighted by Gasteiger charge is 2.60. The van der Waals surface area contributed by atoms with E-state index in [1.54, 1.807) is 42.9 Å². The first-order valence-electron chi connectivity index (χ1n) is 9.38. The summed E-state index contributed by atoms with van der Waals surface area (Å²) in [5.74, 6) is 0.533. The van der Waals surface area contributed by atoms with E-state index >= 15 is 0 Å². The van der Waals surface area contributed by atoms with E-state index in [9.17, 15) is 9.18 Å². The molecule has 0 bridgehead atoms. The lowest BCUT2D eigenvalue weighted by atomic mass is 9.93. The summed E-state index contributed by atoms with van der Waals surface area (Å²) in [6, 6.07) is 9.80. The fourth-order valence-electron chi connectivity index (χ4n) is 3.58. The van der Waals surface area contributed by atoms with E-state index in [-0.39, 0.29) is 24.2 Å². The number of ether oxygens (including phenoxy) is 1. The van der Waals surface area contributed by atoms with Crippen LogP contribution < -0.4 is 10.1 Å². The molecule has 4 rings (SSSR count). The van der Waals surface area contributed by atoms with Crippen LogP contribution in [0.2, 0.25) is 0 Å². The van der Waals surface area contributed by atoms with Gasteiger partial charge in [-0.15, -0.1) is 0 Å². The molecule has 0 radical (unpaired) electrons. The Hall–Kier alpha value is -3.35. The molecule has 2 atom stereocenters. The predicted molar refractivity (Wildman–Crippen MR) is 106 cm³/mol. The summed E-state index contributed by atoms with van der Waals surface area (Å²) in [7, 11) is 0. The summed E-state index contributed by atoms with van der Waals surface area (Å²) in [5, 5.41) is 2.90. The van der Waals surface area contributed by atoms with Gasteiger partial charge in [0.15, 0.2) is 5.75 Å². The molecule has 7 heteroatoms. The quantitative estimate of drug-likeness (QED) is 0.694. The average Bonchev–Trinajstić information content (AvgIpc) is 3.45. The van der Waals surface area contributed by atoms with Gasteiger partial charge in [-0.2, -0.15) is 0 Å². The maximum Gasteiger partial charge on any atom is 0.228 e. The van der Waals surface area contributed by atoms with Crippen molar-refractivity contribution >= 4 is 11.6 Å². The van der Waals surface area contributed by atoms with E-state index in [1.165, 1.54) is 12.1 Å². The zero-order valence-corrected chi connectivity index (χ0v) is 16.2. The van der Waals surface area contributed by atoms with E-state index < -0.39 is 5.41 Å². The first kappa shape index (κ1) is 19.0. The maximum absolute atomic E-state index is 13.4. The largest absolute Gasteiger partial charge is 0.489 e. The molecular formula is C22H21FN4O2. The van der Waals surface area contributed by atoms with Crippen LogP contribution in [0.1, 0.15) is 23.5 Å². The van der Waals surface area contributed by atoms with Crippen LogP contribution in [0.25, 0.3) is 0 Å². The third kappa shape index (κ3) is 3.94. The molecule has 1 aliphatic rings. The van der Waals surface area contributed by atoms with Gasteiger partial charge in [-0.05, 0) is 50.1 Å². The summed E-state index contributed by atoms with van der Waals surface area (Å²) in [5.41, 5.74) is 1.72. The Kier molecular flexibility index (Phi) is 4.96. The zero-order chi connectivity index (χ0) is 20.4. The van der Waals surface area contributed by atoms with Crippen molar-refractivity contribution in [3.63, 3.8) is 0 Å². The van der Waals surface area contributed by atoms with Gasteiger partial charge in [0.2, 0.25) is 5.91 Å². The molecule has 1 aromatic carbocycles. The lowest BCUT2D eigenvalue weighted by Gasteiger charge is -2.19. The summed E-state index contributed by atoms with van der Waals surface area (Å²) in [6.45, 7) is 3.95. The third-order valence-electron chi connectivity index (χ3n) is 5.28. The van der Waals surface area contributed by atoms with Gasteiger partial charge in [-0.3, -0.25) is 9.78 Å². The number of anilines is 1. The highest BCUT2D eigenvalue weighted by molar-refractivity contribution is 5.96. The van der Waals surface area contributed by atoms with Gasteiger partial charge in [-0.25, -0.2) is 14.4 Å². The molecule has 0 saturated heterocycles. The Morgan fingerprint density at radius 3 is 2.72 bits per heavy atom. The Morgan fingerprint density at radius 1 is 1.24 bits per heavy atom. The van der Waals surface area contributed by atoms with Gasteiger partial charge in [0.25, 0.3) is 0 Å². The molecule has 0 aliphatic heterocycles. The van der Waals surface area contributed by atoms with Gasteiger partial charge >= 0.3 is 0 Å². The van der Waals surface area contributed by atoms with Crippen LogP contribution >= 0.6 is 0 Å². The van der Waals surface area contributed by atoms with Crippen molar-refractivity contribution in [2.75, 3.05) is 11.9 Å². The second-order valence-corrected chi connectivity index (χ2v) is 7.31. The molecule has 1 amide bonds. The fourth-order valence-corrected chi connectivity index (χ4v) is 3.58. The maximum atomic E-state index is 13.4. The molecule has 0 spiro atoms. The number of aromatic nitrogens is 3. The molecule has 6 nitrogen and oxygen atoms in total. The van der Waals surface area contributed by atoms with Gasteiger partial charge in [0.1, 0.15) is 11.6 Å². The number of amides is 1. The Bertz CT molecular complexity index is 1030. The number of carbonyl (C=O) groups excluding carboxylic acids is 1. The second-order valence-electron chi connectivity index (χ2n) is 7.31. The molecule has 1 saturated carbocycles. The van der Waals surface area contributed by atoms with E-state index in [2.05, 4.69) is 20.3 Å². The first-order chi connectivity index (χ1) is 14.0. The number of carbonyl (C=O) groups is 1. The van der Waals surface area contributed by atoms with Crippen LogP contribution in [0, 0.1) is 25.6 Å². The molecule has 29 heavy (non-hydrogen) atoms. The van der Waals surface area contributed by atoms with Gasteiger partial charge < -0.3 is 10.1 Å². The lowest BCUT2D eigenvalue weighted by molar-refractivity contribution is -0.117. The number of pyridine rings is 1. The van der Waals surface area contributed by atoms with Crippen molar-refractivity contribution < 1.29 is 13.9 Å². The number of halogens is 1. The van der Waals surface area contributed by atoms with E-state index in [0.29, 0.717) is 23.7 Å². The van der Waals surface area contributed by atoms with Gasteiger partial charge in [-0.1, -0.05) is 12.1 Å². The van der Waals surface area contributed by atoms with Crippen molar-refractivity contribution in [2.45, 2.75) is 25.7 Å². The third-order valence-corrected chi connectivity index (χ3v) is 5.28. The van der Waals surface area contributed by atoms with Crippen molar-refractivity contribution in [3.8, 4) is 5.75 Å². The van der Waals surface area contributed by atoms with Crippen LogP contribution in [-0.2, 0) is 10.2 Å². The normalized spacial score (nSPS) is 20.2. The van der Waals surface area contributed by atoms with Crippen molar-refractivity contribution in [3.05, 3.63) is 77.9 Å². The smallest absolute Gasteiger partial charge is 0.228 e. The average molecular weight is 392 g/mol. The number of benzene rings is 1. The number of nitrogens with one attached hydrogen (secondary N) is 1. The van der Waals surface area contributed by atoms with Crippen LogP contribution in [0.3, 0.4) is 0 Å². The standard InChI is InChI=1S/C22H21FN4O2/c1-14-20(12-25-15(2)26-14)29-13-22(16-5-7-17(23)8-6-16)10-19(22)21(28)27-18-4-3-9-24-11-18/h3-9,11-12,19H,10,13H2,1-2H3,(H,27,28). The van der Waals surface area contributed by atoms with Crippen molar-refractivity contribution in [2.24, 2.45) is 5.92 Å². The minimum absolute atomic E-state index is 0.109. The van der Waals surface area contributed by atoms with E-state index in [4.69, 9.17) is 4.74 Å². The van der Waals surface area contributed by atoms with Crippen molar-refractivity contribution in [1.82, 2.24) is 15.0 Å². The van der Waals surface area contributed by atoms with E-state index in [1.807, 2.05) is 13.8 Å². The molecular weight excluding hydrogens is 371 g/mol. The Balaban J connectivity index is 1.56. The number of hydrogen-bond acceptors (Lipinski definition) is 5. The van der Waals surface area contributed by atoms with Crippen LogP contribution in [0.5, 0.6) is 5.75 Å². The molecule has 2 aromatic heterocycles. The summed E-state index contributed by atoms with van der Waals surface area (Å²) in [6.07, 6.45) is 5.50. The molecule has 2 heterocycles.